The van der Waals surface area contributed by atoms with Crippen LogP contribution in [0.1, 0.15) is 0 Å². The number of fused-ring (bicyclic) bond motifs is 13. The number of hydrogen-bond acceptors (Lipinski definition) is 0. The molecule has 44 heavy (non-hydrogen) atoms. The van der Waals surface area contributed by atoms with Gasteiger partial charge in [0.25, 0.3) is 0 Å². The van der Waals surface area contributed by atoms with Crippen molar-refractivity contribution >= 4 is 97.0 Å². The van der Waals surface area contributed by atoms with Gasteiger partial charge in [0.1, 0.15) is 0 Å². The van der Waals surface area contributed by atoms with Gasteiger partial charge in [-0.3, -0.25) is 0 Å². The van der Waals surface area contributed by atoms with E-state index in [1.54, 1.807) is 0 Å². The maximum Gasteiger partial charge on any atom is -0.00137 e. The fraction of sp³-hybridized carbons (Fsp3) is 0. The van der Waals surface area contributed by atoms with Gasteiger partial charge in [0, 0.05) is 0 Å². The topological polar surface area (TPSA) is 0 Å². The van der Waals surface area contributed by atoms with E-state index >= 15 is 0 Å². The molecule has 0 atom stereocenters. The van der Waals surface area contributed by atoms with E-state index in [0.29, 0.717) is 0 Å². The molecule has 0 saturated heterocycles. The molecular formula is C44H23. The van der Waals surface area contributed by atoms with Crippen molar-refractivity contribution in [2.75, 3.05) is 0 Å². The molecule has 0 unspecified atom stereocenters. The standard InChI is InChI=1S/C44H23/c1-2-8-29-25(7-1)15-20-33-30-19-16-26(23-28(30)18-21-32(29)33)27-17-22-37-40(24-27)36-12-6-14-38-41-34-10-4-3-9-31(34)35-11-5-13-39(42(35)41)44(37)43(36)38/h1-22,24H. The van der Waals surface area contributed by atoms with Crippen LogP contribution in [0.5, 0.6) is 0 Å². The van der Waals surface area contributed by atoms with Gasteiger partial charge in [0.15, 0.2) is 0 Å². The van der Waals surface area contributed by atoms with Crippen molar-refractivity contribution in [1.29, 1.82) is 0 Å². The highest BCUT2D eigenvalue weighted by Crippen LogP contribution is 2.50. The maximum absolute atomic E-state index is 3.79. The van der Waals surface area contributed by atoms with Crippen molar-refractivity contribution in [2.45, 2.75) is 0 Å². The van der Waals surface area contributed by atoms with Crippen molar-refractivity contribution < 1.29 is 0 Å². The van der Waals surface area contributed by atoms with Gasteiger partial charge in [0.2, 0.25) is 0 Å². The highest BCUT2D eigenvalue weighted by atomic mass is 14.2. The van der Waals surface area contributed by atoms with E-state index in [2.05, 4.69) is 146 Å². The van der Waals surface area contributed by atoms with Crippen LogP contribution in [0.3, 0.4) is 0 Å². The minimum atomic E-state index is 1.13. The first-order valence-corrected chi connectivity index (χ1v) is 15.4. The average molecular weight is 552 g/mol. The molecule has 11 rings (SSSR count). The molecule has 0 amide bonds. The Morgan fingerprint density at radius 1 is 0.295 bits per heavy atom. The van der Waals surface area contributed by atoms with Crippen molar-refractivity contribution in [1.82, 2.24) is 0 Å². The molecule has 0 nitrogen and oxygen atoms in total. The highest BCUT2D eigenvalue weighted by molar-refractivity contribution is 6.47. The second-order valence-corrected chi connectivity index (χ2v) is 12.3. The lowest BCUT2D eigenvalue weighted by molar-refractivity contribution is 1.69. The van der Waals surface area contributed by atoms with Gasteiger partial charge in [-0.05, 0) is 120 Å². The Morgan fingerprint density at radius 2 is 0.795 bits per heavy atom. The Balaban J connectivity index is 1.18. The van der Waals surface area contributed by atoms with Crippen LogP contribution in [-0.4, -0.2) is 0 Å². The molecule has 0 aromatic heterocycles. The summed E-state index contributed by atoms with van der Waals surface area (Å²) in [5.74, 6) is 0. The Bertz CT molecular complexity index is 2980. The van der Waals surface area contributed by atoms with Gasteiger partial charge in [-0.1, -0.05) is 133 Å². The van der Waals surface area contributed by atoms with Crippen molar-refractivity contribution in [3.8, 4) is 11.1 Å². The minimum absolute atomic E-state index is 1.13. The predicted octanol–water partition coefficient (Wildman–Crippen LogP) is 12.4. The van der Waals surface area contributed by atoms with Crippen LogP contribution >= 0.6 is 0 Å². The van der Waals surface area contributed by atoms with Crippen LogP contribution in [0.4, 0.5) is 0 Å². The molecular weight excluding hydrogens is 528 g/mol. The molecule has 0 fully saturated rings. The molecule has 0 bridgehead atoms. The van der Waals surface area contributed by atoms with Gasteiger partial charge in [-0.2, -0.15) is 0 Å². The van der Waals surface area contributed by atoms with Crippen LogP contribution in [0, 0.1) is 6.07 Å². The van der Waals surface area contributed by atoms with Crippen molar-refractivity contribution in [3.63, 3.8) is 0 Å². The van der Waals surface area contributed by atoms with Gasteiger partial charge in [-0.15, -0.1) is 0 Å². The van der Waals surface area contributed by atoms with E-state index in [1.807, 2.05) is 0 Å². The van der Waals surface area contributed by atoms with E-state index in [1.165, 1.54) is 97.1 Å². The van der Waals surface area contributed by atoms with Gasteiger partial charge in [0.05, 0.1) is 0 Å². The average Bonchev–Trinajstić information content (AvgIpc) is 3.61. The fourth-order valence-electron chi connectivity index (χ4n) is 8.35. The molecule has 11 aromatic rings. The summed E-state index contributed by atoms with van der Waals surface area (Å²) in [5, 5.41) is 23.9. The summed E-state index contributed by atoms with van der Waals surface area (Å²) in [5.41, 5.74) is 2.34. The Labute approximate surface area is 253 Å². The molecule has 0 aliphatic rings. The second-order valence-electron chi connectivity index (χ2n) is 12.3. The van der Waals surface area contributed by atoms with Crippen molar-refractivity contribution in [3.05, 3.63) is 146 Å². The highest BCUT2D eigenvalue weighted by Gasteiger charge is 2.21. The first kappa shape index (κ1) is 22.8. The van der Waals surface area contributed by atoms with Crippen LogP contribution in [0.25, 0.3) is 108 Å². The lowest BCUT2D eigenvalue weighted by Gasteiger charge is -2.09. The molecule has 11 aromatic carbocycles. The SMILES string of the molecule is [c]1c(-c2ccc3c(c2)c2cccc4c5c6ccccc6c6cccc(c65)c3c24)ccc2c1ccc1c3ccccc3ccc21. The Morgan fingerprint density at radius 3 is 1.57 bits per heavy atom. The zero-order valence-electron chi connectivity index (χ0n) is 23.8. The summed E-state index contributed by atoms with van der Waals surface area (Å²) in [6, 6.07) is 55.6. The third kappa shape index (κ3) is 2.74. The Kier molecular flexibility index (Phi) is 4.15. The quantitative estimate of drug-likeness (QED) is 0.141. The lowest BCUT2D eigenvalue weighted by Crippen LogP contribution is -1.83. The van der Waals surface area contributed by atoms with Crippen LogP contribution in [0.15, 0.2) is 140 Å². The monoisotopic (exact) mass is 551 g/mol. The lowest BCUT2D eigenvalue weighted by atomic mass is 9.94. The van der Waals surface area contributed by atoms with Crippen LogP contribution < -0.4 is 0 Å². The predicted molar refractivity (Wildman–Crippen MR) is 191 cm³/mol. The molecule has 0 heterocycles. The summed E-state index contributed by atoms with van der Waals surface area (Å²) in [7, 11) is 0. The number of benzene rings is 9. The zero-order chi connectivity index (χ0) is 28.5. The molecule has 0 heteroatoms. The minimum Gasteiger partial charge on any atom is -0.0616 e. The van der Waals surface area contributed by atoms with E-state index in [9.17, 15) is 0 Å². The molecule has 0 spiro atoms. The van der Waals surface area contributed by atoms with E-state index in [0.717, 1.165) is 10.9 Å². The molecule has 199 valence electrons. The van der Waals surface area contributed by atoms with Crippen LogP contribution in [0.2, 0.25) is 0 Å². The van der Waals surface area contributed by atoms with E-state index in [-0.39, 0.29) is 0 Å². The van der Waals surface area contributed by atoms with E-state index < -0.39 is 0 Å². The smallest absolute Gasteiger partial charge is 0.00137 e. The first-order chi connectivity index (χ1) is 21.8. The maximum atomic E-state index is 3.79. The molecule has 0 N–H and O–H groups in total. The number of hydrogen-bond donors (Lipinski definition) is 0. The third-order valence-corrected chi connectivity index (χ3v) is 10.2. The molecule has 0 aliphatic heterocycles. The van der Waals surface area contributed by atoms with Gasteiger partial charge >= 0.3 is 0 Å². The summed E-state index contributed by atoms with van der Waals surface area (Å²) in [4.78, 5) is 0. The van der Waals surface area contributed by atoms with Crippen LogP contribution in [-0.2, 0) is 0 Å². The molecule has 1 radical (unpaired) electrons. The van der Waals surface area contributed by atoms with Gasteiger partial charge in [-0.25, -0.2) is 0 Å². The molecule has 0 saturated carbocycles. The summed E-state index contributed by atoms with van der Waals surface area (Å²) in [6.07, 6.45) is 0. The van der Waals surface area contributed by atoms with E-state index in [4.69, 9.17) is 0 Å². The summed E-state index contributed by atoms with van der Waals surface area (Å²) >= 11 is 0. The number of rotatable bonds is 1. The largest absolute Gasteiger partial charge is 0.0616 e. The summed E-state index contributed by atoms with van der Waals surface area (Å²) in [6.45, 7) is 0. The fourth-order valence-corrected chi connectivity index (χ4v) is 8.35. The second kappa shape index (κ2) is 8.01. The molecule has 0 aliphatic carbocycles. The first-order valence-electron chi connectivity index (χ1n) is 15.4. The zero-order valence-corrected chi connectivity index (χ0v) is 23.8. The summed E-state index contributed by atoms with van der Waals surface area (Å²) < 4.78 is 0. The van der Waals surface area contributed by atoms with Gasteiger partial charge < -0.3 is 0 Å². The third-order valence-electron chi connectivity index (χ3n) is 10.2. The normalized spacial score (nSPS) is 12.5. The van der Waals surface area contributed by atoms with Crippen molar-refractivity contribution in [2.24, 2.45) is 0 Å². The Hall–Kier alpha value is -5.72.